The second-order valence-electron chi connectivity index (χ2n) is 9.66. The van der Waals surface area contributed by atoms with Crippen molar-refractivity contribution < 1.29 is 33.6 Å². The van der Waals surface area contributed by atoms with Crippen LogP contribution in [0.1, 0.15) is 22.5 Å². The number of rotatable bonds is 8. The Labute approximate surface area is 237 Å². The fourth-order valence-corrected chi connectivity index (χ4v) is 5.00. The number of methoxy groups -OCH3 is 2. The van der Waals surface area contributed by atoms with E-state index >= 15 is 0 Å². The lowest BCUT2D eigenvalue weighted by molar-refractivity contribution is -0.0332. The minimum absolute atomic E-state index is 0.0236. The minimum Gasteiger partial charge on any atom is -0.494 e. The smallest absolute Gasteiger partial charge is 0.254 e. The lowest BCUT2D eigenvalue weighted by atomic mass is 9.94. The van der Waals surface area contributed by atoms with Crippen LogP contribution in [-0.2, 0) is 5.60 Å². The fraction of sp³-hybridized carbons (Fsp3) is 0.379. The zero-order valence-electron chi connectivity index (χ0n) is 22.7. The zero-order valence-corrected chi connectivity index (χ0v) is 23.4. The Bertz CT molecular complexity index is 1360. The molecule has 0 spiro atoms. The van der Waals surface area contributed by atoms with Crippen molar-refractivity contribution in [2.75, 3.05) is 60.7 Å². The maximum absolute atomic E-state index is 13.8. The van der Waals surface area contributed by atoms with E-state index in [4.69, 9.17) is 35.9 Å². The van der Waals surface area contributed by atoms with Crippen molar-refractivity contribution in [1.29, 1.82) is 0 Å². The second-order valence-corrected chi connectivity index (χ2v) is 10.1. The molecule has 1 aromatic heterocycles. The van der Waals surface area contributed by atoms with Crippen molar-refractivity contribution in [2.24, 2.45) is 0 Å². The molecule has 3 aromatic rings. The molecule has 1 atom stereocenters. The summed E-state index contributed by atoms with van der Waals surface area (Å²) in [7, 11) is 4.88. The van der Waals surface area contributed by atoms with E-state index in [1.54, 1.807) is 41.3 Å². The summed E-state index contributed by atoms with van der Waals surface area (Å²) in [5, 5.41) is 21.1. The number of aliphatic hydroxyl groups is 2. The third kappa shape index (κ3) is 6.47. The van der Waals surface area contributed by atoms with Crippen LogP contribution >= 0.6 is 11.6 Å². The van der Waals surface area contributed by atoms with Crippen molar-refractivity contribution in [2.45, 2.75) is 12.0 Å². The average molecular weight is 574 g/mol. The van der Waals surface area contributed by atoms with E-state index in [1.165, 1.54) is 26.4 Å². The third-order valence-corrected chi connectivity index (χ3v) is 7.04. The number of carbonyl (C=O) groups excluding carboxylic acids is 1. The molecule has 2 heterocycles. The minimum atomic E-state index is -1.54. The first kappa shape index (κ1) is 29.5. The first-order valence-electron chi connectivity index (χ1n) is 12.8. The number of aromatic nitrogens is 1. The standard InChI is InChI=1S/C29H33ClFN3O6/c1-33-11-4-12-34(28(36)20-6-8-23(40-14-13-35)25(16-20)39-3)18-29(37,17-33)26-10-9-24(38-2)27(32-26)19-5-7-22(31)21(30)15-19/h5-10,15-16,35,37H,4,11-14,17-18H2,1-3H3. The predicted molar refractivity (Wildman–Crippen MR) is 149 cm³/mol. The molecule has 1 amide bonds. The summed E-state index contributed by atoms with van der Waals surface area (Å²) in [6, 6.07) is 12.4. The largest absolute Gasteiger partial charge is 0.494 e. The van der Waals surface area contributed by atoms with Crippen LogP contribution in [0.5, 0.6) is 17.2 Å². The van der Waals surface area contributed by atoms with Crippen molar-refractivity contribution in [3.8, 4) is 28.5 Å². The number of amides is 1. The summed E-state index contributed by atoms with van der Waals surface area (Å²) >= 11 is 6.03. The van der Waals surface area contributed by atoms with Gasteiger partial charge in [0.25, 0.3) is 5.91 Å². The molecule has 2 aromatic carbocycles. The van der Waals surface area contributed by atoms with Crippen molar-refractivity contribution in [1.82, 2.24) is 14.8 Å². The van der Waals surface area contributed by atoms with Gasteiger partial charge in [0.05, 0.1) is 38.1 Å². The van der Waals surface area contributed by atoms with Crippen molar-refractivity contribution in [3.63, 3.8) is 0 Å². The molecular formula is C29H33ClFN3O6. The Kier molecular flexibility index (Phi) is 9.47. The van der Waals surface area contributed by atoms with E-state index in [9.17, 15) is 14.3 Å². The van der Waals surface area contributed by atoms with Crippen LogP contribution in [0.4, 0.5) is 4.39 Å². The second kappa shape index (κ2) is 12.8. The lowest BCUT2D eigenvalue weighted by Gasteiger charge is -2.39. The van der Waals surface area contributed by atoms with Gasteiger partial charge in [0.1, 0.15) is 29.5 Å². The lowest BCUT2D eigenvalue weighted by Crippen LogP contribution is -2.52. The normalized spacial score (nSPS) is 18.1. The molecule has 1 aliphatic rings. The predicted octanol–water partition coefficient (Wildman–Crippen LogP) is 3.59. The zero-order chi connectivity index (χ0) is 28.9. The number of hydrogen-bond donors (Lipinski definition) is 2. The molecule has 0 saturated carbocycles. The van der Waals surface area contributed by atoms with Gasteiger partial charge >= 0.3 is 0 Å². The van der Waals surface area contributed by atoms with Crippen LogP contribution in [0, 0.1) is 5.82 Å². The monoisotopic (exact) mass is 573 g/mol. The molecule has 4 rings (SSSR count). The van der Waals surface area contributed by atoms with Crippen LogP contribution in [0.3, 0.4) is 0 Å². The van der Waals surface area contributed by atoms with Gasteiger partial charge in [-0.3, -0.25) is 4.79 Å². The van der Waals surface area contributed by atoms with Crippen molar-refractivity contribution in [3.05, 3.63) is 70.6 Å². The van der Waals surface area contributed by atoms with Gasteiger partial charge in [0.15, 0.2) is 11.5 Å². The Morgan fingerprint density at radius 3 is 2.50 bits per heavy atom. The molecule has 40 heavy (non-hydrogen) atoms. The van der Waals surface area contributed by atoms with E-state index in [0.29, 0.717) is 59.3 Å². The number of carbonyl (C=O) groups is 1. The van der Waals surface area contributed by atoms with Gasteiger partial charge in [-0.05, 0) is 68.5 Å². The molecule has 0 aliphatic carbocycles. The quantitative estimate of drug-likeness (QED) is 0.421. The summed E-state index contributed by atoms with van der Waals surface area (Å²) in [6.45, 7) is 1.20. The third-order valence-electron chi connectivity index (χ3n) is 6.75. The highest BCUT2D eigenvalue weighted by Crippen LogP contribution is 2.35. The molecule has 1 fully saturated rings. The van der Waals surface area contributed by atoms with E-state index < -0.39 is 11.4 Å². The van der Waals surface area contributed by atoms with E-state index in [-0.39, 0.29) is 37.2 Å². The number of halogens is 2. The first-order chi connectivity index (χ1) is 19.2. The Morgan fingerprint density at radius 2 is 1.80 bits per heavy atom. The Hall–Kier alpha value is -3.44. The van der Waals surface area contributed by atoms with Gasteiger partial charge in [-0.25, -0.2) is 9.37 Å². The number of ether oxygens (including phenoxy) is 3. The molecule has 11 heteroatoms. The molecule has 1 aliphatic heterocycles. The van der Waals surface area contributed by atoms with Crippen molar-refractivity contribution >= 4 is 17.5 Å². The number of nitrogens with zero attached hydrogens (tertiary/aromatic N) is 3. The number of aliphatic hydroxyl groups excluding tert-OH is 1. The number of likely N-dealkylation sites (N-methyl/N-ethyl adjacent to an activating group) is 1. The molecule has 0 radical (unpaired) electrons. The van der Waals surface area contributed by atoms with Gasteiger partial charge in [-0.1, -0.05) is 11.6 Å². The van der Waals surface area contributed by atoms with Gasteiger partial charge < -0.3 is 34.2 Å². The van der Waals surface area contributed by atoms with Gasteiger partial charge in [-0.2, -0.15) is 0 Å². The van der Waals surface area contributed by atoms with E-state index in [1.807, 2.05) is 11.9 Å². The van der Waals surface area contributed by atoms with Gasteiger partial charge in [0, 0.05) is 24.2 Å². The molecule has 1 unspecified atom stereocenters. The fourth-order valence-electron chi connectivity index (χ4n) is 4.82. The summed E-state index contributed by atoms with van der Waals surface area (Å²) < 4.78 is 30.2. The van der Waals surface area contributed by atoms with Crippen LogP contribution in [0.15, 0.2) is 48.5 Å². The molecule has 0 bridgehead atoms. The first-order valence-corrected chi connectivity index (χ1v) is 13.2. The van der Waals surface area contributed by atoms with Crippen LogP contribution in [0.25, 0.3) is 11.3 Å². The average Bonchev–Trinajstić information content (AvgIpc) is 2.95. The van der Waals surface area contributed by atoms with Crippen LogP contribution in [0.2, 0.25) is 5.02 Å². The van der Waals surface area contributed by atoms with Crippen LogP contribution < -0.4 is 14.2 Å². The Morgan fingerprint density at radius 1 is 1.05 bits per heavy atom. The molecule has 9 nitrogen and oxygen atoms in total. The number of hydrogen-bond acceptors (Lipinski definition) is 8. The number of β-amino-alcohol motifs (C(OH)–C–C–N with tert-alkyl or cyclic N) is 1. The highest BCUT2D eigenvalue weighted by molar-refractivity contribution is 6.31. The maximum atomic E-state index is 13.8. The summed E-state index contributed by atoms with van der Waals surface area (Å²) in [5.41, 5.74) is 0.0798. The molecule has 214 valence electrons. The molecule has 2 N–H and O–H groups in total. The molecule has 1 saturated heterocycles. The maximum Gasteiger partial charge on any atom is 0.254 e. The topological polar surface area (TPSA) is 105 Å². The summed E-state index contributed by atoms with van der Waals surface area (Å²) in [4.78, 5) is 22.0. The Balaban J connectivity index is 1.70. The SMILES string of the molecule is COc1cc(C(=O)N2CCCN(C)CC(O)(c3ccc(OC)c(-c4ccc(F)c(Cl)c4)n3)C2)ccc1OCCO. The summed E-state index contributed by atoms with van der Waals surface area (Å²) in [6.07, 6.45) is 0.711. The molecular weight excluding hydrogens is 541 g/mol. The number of pyridine rings is 1. The van der Waals surface area contributed by atoms with Gasteiger partial charge in [-0.15, -0.1) is 0 Å². The summed E-state index contributed by atoms with van der Waals surface area (Å²) in [5.74, 6) is 0.363. The van der Waals surface area contributed by atoms with E-state index in [2.05, 4.69) is 0 Å². The van der Waals surface area contributed by atoms with Crippen LogP contribution in [-0.4, -0.2) is 91.6 Å². The number of benzene rings is 2. The highest BCUT2D eigenvalue weighted by Gasteiger charge is 2.38. The van der Waals surface area contributed by atoms with E-state index in [0.717, 1.165) is 0 Å². The van der Waals surface area contributed by atoms with Gasteiger partial charge in [0.2, 0.25) is 0 Å². The highest BCUT2D eigenvalue weighted by atomic mass is 35.5.